The first-order valence-corrected chi connectivity index (χ1v) is 7.67. The third-order valence-electron chi connectivity index (χ3n) is 3.27. The number of hydrogen-bond donors (Lipinski definition) is 1. The molecule has 2 heterocycles. The van der Waals surface area contributed by atoms with Gasteiger partial charge in [0.2, 0.25) is 0 Å². The topological polar surface area (TPSA) is 33.6 Å². The minimum atomic E-state index is 0.363. The Labute approximate surface area is 109 Å². The van der Waals surface area contributed by atoms with Crippen LogP contribution in [0.5, 0.6) is 0 Å². The Morgan fingerprint density at radius 1 is 1.47 bits per heavy atom. The van der Waals surface area contributed by atoms with Crippen molar-refractivity contribution in [2.45, 2.75) is 45.6 Å². The number of thioether (sulfide) groups is 1. The summed E-state index contributed by atoms with van der Waals surface area (Å²) in [6.45, 7) is 7.44. The predicted molar refractivity (Wildman–Crippen MR) is 74.8 cm³/mol. The number of rotatable bonds is 3. The van der Waals surface area contributed by atoms with Crippen molar-refractivity contribution in [3.05, 3.63) is 0 Å². The number of nitrogens with one attached hydrogen (secondary N) is 1. The van der Waals surface area contributed by atoms with Gasteiger partial charge in [-0.2, -0.15) is 0 Å². The Hall–Kier alpha value is -0.220. The molecular weight excluding hydrogens is 232 g/mol. The van der Waals surface area contributed by atoms with Crippen LogP contribution in [0.15, 0.2) is 4.99 Å². The van der Waals surface area contributed by atoms with Crippen molar-refractivity contribution in [3.8, 4) is 0 Å². The lowest BCUT2D eigenvalue weighted by atomic mass is 9.97. The van der Waals surface area contributed by atoms with Crippen LogP contribution in [0.25, 0.3) is 0 Å². The van der Waals surface area contributed by atoms with Crippen molar-refractivity contribution in [3.63, 3.8) is 0 Å². The molecule has 0 spiro atoms. The van der Waals surface area contributed by atoms with Crippen LogP contribution in [0.3, 0.4) is 0 Å². The maximum absolute atomic E-state index is 5.71. The SMILES string of the molecule is CC1(C)CN=C(NCCC2CCCCO2)SC1. The second-order valence-corrected chi connectivity index (χ2v) is 6.74. The summed E-state index contributed by atoms with van der Waals surface area (Å²) >= 11 is 1.85. The molecule has 1 fully saturated rings. The third-order valence-corrected chi connectivity index (χ3v) is 4.74. The van der Waals surface area contributed by atoms with E-state index < -0.39 is 0 Å². The first kappa shape index (κ1) is 13.2. The van der Waals surface area contributed by atoms with E-state index in [1.807, 2.05) is 11.8 Å². The Balaban J connectivity index is 1.63. The molecule has 2 aliphatic rings. The van der Waals surface area contributed by atoms with Crippen LogP contribution in [0.1, 0.15) is 39.5 Å². The van der Waals surface area contributed by atoms with E-state index in [1.54, 1.807) is 0 Å². The van der Waals surface area contributed by atoms with Crippen molar-refractivity contribution in [2.75, 3.05) is 25.4 Å². The summed E-state index contributed by atoms with van der Waals surface area (Å²) < 4.78 is 5.71. The lowest BCUT2D eigenvalue weighted by Crippen LogP contribution is -2.33. The monoisotopic (exact) mass is 256 g/mol. The molecule has 4 heteroatoms. The molecule has 1 N–H and O–H groups in total. The number of amidine groups is 1. The van der Waals surface area contributed by atoms with E-state index in [-0.39, 0.29) is 0 Å². The fraction of sp³-hybridized carbons (Fsp3) is 0.923. The highest BCUT2D eigenvalue weighted by atomic mass is 32.2. The van der Waals surface area contributed by atoms with Gasteiger partial charge in [0.15, 0.2) is 5.17 Å². The zero-order valence-corrected chi connectivity index (χ0v) is 11.8. The number of hydrogen-bond acceptors (Lipinski definition) is 4. The van der Waals surface area contributed by atoms with E-state index in [4.69, 9.17) is 4.74 Å². The fourth-order valence-corrected chi connectivity index (χ4v) is 3.10. The van der Waals surface area contributed by atoms with Crippen molar-refractivity contribution in [2.24, 2.45) is 10.4 Å². The van der Waals surface area contributed by atoms with Gasteiger partial charge in [0.25, 0.3) is 0 Å². The molecule has 1 atom stereocenters. The minimum absolute atomic E-state index is 0.363. The van der Waals surface area contributed by atoms with Crippen LogP contribution in [-0.2, 0) is 4.74 Å². The van der Waals surface area contributed by atoms with E-state index in [2.05, 4.69) is 24.2 Å². The summed E-state index contributed by atoms with van der Waals surface area (Å²) in [4.78, 5) is 4.59. The molecular formula is C13H24N2OS. The van der Waals surface area contributed by atoms with E-state index in [1.165, 1.54) is 25.0 Å². The maximum atomic E-state index is 5.71. The van der Waals surface area contributed by atoms with E-state index >= 15 is 0 Å². The molecule has 0 aliphatic carbocycles. The van der Waals surface area contributed by atoms with Gasteiger partial charge >= 0.3 is 0 Å². The summed E-state index contributed by atoms with van der Waals surface area (Å²) in [6.07, 6.45) is 5.38. The van der Waals surface area contributed by atoms with Gasteiger partial charge in [-0.25, -0.2) is 0 Å². The molecule has 0 bridgehead atoms. The molecule has 2 rings (SSSR count). The predicted octanol–water partition coefficient (Wildman–Crippen LogP) is 2.66. The second kappa shape index (κ2) is 6.10. The largest absolute Gasteiger partial charge is 0.378 e. The second-order valence-electron chi connectivity index (χ2n) is 5.78. The van der Waals surface area contributed by atoms with E-state index in [0.29, 0.717) is 11.5 Å². The van der Waals surface area contributed by atoms with Gasteiger partial charge in [-0.15, -0.1) is 0 Å². The Morgan fingerprint density at radius 3 is 3.00 bits per heavy atom. The molecule has 0 aromatic carbocycles. The molecule has 0 radical (unpaired) electrons. The first-order chi connectivity index (χ1) is 8.16. The number of aliphatic imine (C=N–C) groups is 1. The van der Waals surface area contributed by atoms with Crippen molar-refractivity contribution < 1.29 is 4.74 Å². The molecule has 0 aromatic heterocycles. The molecule has 0 aromatic rings. The summed E-state index contributed by atoms with van der Waals surface area (Å²) in [5.74, 6) is 1.17. The smallest absolute Gasteiger partial charge is 0.156 e. The quantitative estimate of drug-likeness (QED) is 0.843. The summed E-state index contributed by atoms with van der Waals surface area (Å²) in [6, 6.07) is 0. The van der Waals surface area contributed by atoms with Crippen LogP contribution < -0.4 is 5.32 Å². The number of ether oxygens (including phenoxy) is 1. The van der Waals surface area contributed by atoms with Crippen LogP contribution in [-0.4, -0.2) is 36.7 Å². The highest BCUT2D eigenvalue weighted by Gasteiger charge is 2.23. The lowest BCUT2D eigenvalue weighted by Gasteiger charge is -2.28. The Kier molecular flexibility index (Phi) is 4.74. The third kappa shape index (κ3) is 4.51. The van der Waals surface area contributed by atoms with E-state index in [0.717, 1.165) is 31.3 Å². The fourth-order valence-electron chi connectivity index (χ4n) is 2.12. The van der Waals surface area contributed by atoms with Crippen molar-refractivity contribution in [1.29, 1.82) is 0 Å². The van der Waals surface area contributed by atoms with E-state index in [9.17, 15) is 0 Å². The Morgan fingerprint density at radius 2 is 2.35 bits per heavy atom. The average Bonchev–Trinajstić information content (AvgIpc) is 2.33. The normalized spacial score (nSPS) is 28.6. The summed E-state index contributed by atoms with van der Waals surface area (Å²) in [5.41, 5.74) is 0.363. The summed E-state index contributed by atoms with van der Waals surface area (Å²) in [7, 11) is 0. The zero-order valence-electron chi connectivity index (χ0n) is 11.0. The highest BCUT2D eigenvalue weighted by Crippen LogP contribution is 2.27. The molecule has 2 aliphatic heterocycles. The molecule has 0 amide bonds. The molecule has 17 heavy (non-hydrogen) atoms. The van der Waals surface area contributed by atoms with Crippen molar-refractivity contribution in [1.82, 2.24) is 5.32 Å². The summed E-state index contributed by atoms with van der Waals surface area (Å²) in [5, 5.41) is 4.56. The first-order valence-electron chi connectivity index (χ1n) is 6.68. The Bertz CT molecular complexity index is 273. The molecule has 1 saturated heterocycles. The minimum Gasteiger partial charge on any atom is -0.378 e. The van der Waals surface area contributed by atoms with Crippen LogP contribution in [0, 0.1) is 5.41 Å². The standard InChI is InChI=1S/C13H24N2OS/c1-13(2)9-15-12(17-10-13)14-7-6-11-5-3-4-8-16-11/h11H,3-10H2,1-2H3,(H,14,15). The molecule has 98 valence electrons. The maximum Gasteiger partial charge on any atom is 0.156 e. The molecule has 1 unspecified atom stereocenters. The molecule has 3 nitrogen and oxygen atoms in total. The van der Waals surface area contributed by atoms with Gasteiger partial charge < -0.3 is 10.1 Å². The van der Waals surface area contributed by atoms with Gasteiger partial charge in [0.1, 0.15) is 0 Å². The van der Waals surface area contributed by atoms with Crippen LogP contribution in [0.2, 0.25) is 0 Å². The van der Waals surface area contributed by atoms with Crippen LogP contribution >= 0.6 is 11.8 Å². The van der Waals surface area contributed by atoms with Gasteiger partial charge in [-0.1, -0.05) is 25.6 Å². The average molecular weight is 256 g/mol. The van der Waals surface area contributed by atoms with Gasteiger partial charge in [0.05, 0.1) is 6.10 Å². The van der Waals surface area contributed by atoms with Crippen LogP contribution in [0.4, 0.5) is 0 Å². The highest BCUT2D eigenvalue weighted by molar-refractivity contribution is 8.13. The lowest BCUT2D eigenvalue weighted by molar-refractivity contribution is 0.0122. The molecule has 0 saturated carbocycles. The van der Waals surface area contributed by atoms with Gasteiger partial charge in [0, 0.05) is 25.4 Å². The van der Waals surface area contributed by atoms with Gasteiger partial charge in [-0.3, -0.25) is 4.99 Å². The number of nitrogens with zero attached hydrogens (tertiary/aromatic N) is 1. The van der Waals surface area contributed by atoms with Gasteiger partial charge in [-0.05, 0) is 31.1 Å². The zero-order chi connectivity index (χ0) is 12.1. The van der Waals surface area contributed by atoms with Crippen molar-refractivity contribution >= 4 is 16.9 Å².